The van der Waals surface area contributed by atoms with Crippen molar-refractivity contribution < 1.29 is 14.1 Å². The largest absolute Gasteiger partial charge is 0.360 e. The molecule has 0 aromatic carbocycles. The average Bonchev–Trinajstić information content (AvgIpc) is 3.10. The molecule has 110 valence electrons. The minimum Gasteiger partial charge on any atom is -0.360 e. The standard InChI is InChI=1S/C14H21N3O3/c1-9(2)6-14(19)17(11-4-5-11)8-13(18)15-12-7-10(3)20-16-12/h7,9,11H,4-6,8H2,1-3H3,(H,15,16,18). The summed E-state index contributed by atoms with van der Waals surface area (Å²) in [5, 5.41) is 6.35. The number of aryl methyl sites for hydroxylation is 1. The van der Waals surface area contributed by atoms with E-state index in [2.05, 4.69) is 10.5 Å². The zero-order chi connectivity index (χ0) is 14.7. The third kappa shape index (κ3) is 4.08. The van der Waals surface area contributed by atoms with Crippen LogP contribution >= 0.6 is 0 Å². The van der Waals surface area contributed by atoms with Gasteiger partial charge >= 0.3 is 0 Å². The molecular formula is C14H21N3O3. The molecule has 1 aliphatic rings. The number of nitrogens with one attached hydrogen (secondary N) is 1. The molecule has 0 aliphatic heterocycles. The summed E-state index contributed by atoms with van der Waals surface area (Å²) in [6.45, 7) is 5.84. The molecule has 1 fully saturated rings. The number of anilines is 1. The Morgan fingerprint density at radius 2 is 2.20 bits per heavy atom. The molecule has 6 nitrogen and oxygen atoms in total. The number of hydrogen-bond donors (Lipinski definition) is 1. The van der Waals surface area contributed by atoms with Crippen LogP contribution in [0.3, 0.4) is 0 Å². The van der Waals surface area contributed by atoms with Gasteiger partial charge < -0.3 is 14.7 Å². The topological polar surface area (TPSA) is 75.4 Å². The lowest BCUT2D eigenvalue weighted by molar-refractivity contribution is -0.135. The second-order valence-electron chi connectivity index (χ2n) is 5.72. The van der Waals surface area contributed by atoms with Crippen LogP contribution in [-0.4, -0.2) is 34.5 Å². The van der Waals surface area contributed by atoms with Crippen molar-refractivity contribution in [2.24, 2.45) is 5.92 Å². The average molecular weight is 279 g/mol. The van der Waals surface area contributed by atoms with E-state index >= 15 is 0 Å². The van der Waals surface area contributed by atoms with E-state index in [0.717, 1.165) is 12.8 Å². The van der Waals surface area contributed by atoms with Crippen molar-refractivity contribution in [2.45, 2.75) is 46.1 Å². The van der Waals surface area contributed by atoms with E-state index in [1.54, 1.807) is 17.9 Å². The smallest absolute Gasteiger partial charge is 0.245 e. The third-order valence-electron chi connectivity index (χ3n) is 3.10. The van der Waals surface area contributed by atoms with Crippen LogP contribution in [0, 0.1) is 12.8 Å². The van der Waals surface area contributed by atoms with Crippen molar-refractivity contribution in [2.75, 3.05) is 11.9 Å². The summed E-state index contributed by atoms with van der Waals surface area (Å²) in [7, 11) is 0. The third-order valence-corrected chi connectivity index (χ3v) is 3.10. The molecule has 0 unspecified atom stereocenters. The minimum absolute atomic E-state index is 0.0500. The van der Waals surface area contributed by atoms with Gasteiger partial charge in [0, 0.05) is 18.5 Å². The van der Waals surface area contributed by atoms with Crippen LogP contribution in [0.25, 0.3) is 0 Å². The summed E-state index contributed by atoms with van der Waals surface area (Å²) in [6, 6.07) is 1.88. The maximum absolute atomic E-state index is 12.1. The van der Waals surface area contributed by atoms with Crippen LogP contribution in [0.4, 0.5) is 5.82 Å². The van der Waals surface area contributed by atoms with E-state index < -0.39 is 0 Å². The number of hydrogen-bond acceptors (Lipinski definition) is 4. The molecule has 1 aromatic heterocycles. The summed E-state index contributed by atoms with van der Waals surface area (Å²) in [6.07, 6.45) is 2.45. The van der Waals surface area contributed by atoms with Crippen LogP contribution in [0.5, 0.6) is 0 Å². The molecule has 0 spiro atoms. The number of carbonyl (C=O) groups excluding carboxylic acids is 2. The first-order valence-corrected chi connectivity index (χ1v) is 6.98. The van der Waals surface area contributed by atoms with Crippen LogP contribution in [-0.2, 0) is 9.59 Å². The van der Waals surface area contributed by atoms with Gasteiger partial charge in [-0.05, 0) is 25.7 Å². The zero-order valence-corrected chi connectivity index (χ0v) is 12.2. The zero-order valence-electron chi connectivity index (χ0n) is 12.2. The lowest BCUT2D eigenvalue weighted by atomic mass is 10.1. The quantitative estimate of drug-likeness (QED) is 0.863. The van der Waals surface area contributed by atoms with Gasteiger partial charge in [-0.25, -0.2) is 0 Å². The number of amides is 2. The highest BCUT2D eigenvalue weighted by Gasteiger charge is 2.33. The first-order valence-electron chi connectivity index (χ1n) is 6.98. The fraction of sp³-hybridized carbons (Fsp3) is 0.643. The molecule has 1 aromatic rings. The number of nitrogens with zero attached hydrogens (tertiary/aromatic N) is 2. The van der Waals surface area contributed by atoms with Gasteiger partial charge in [-0.15, -0.1) is 0 Å². The van der Waals surface area contributed by atoms with Gasteiger partial charge in [-0.3, -0.25) is 9.59 Å². The van der Waals surface area contributed by atoms with Crippen LogP contribution in [0.15, 0.2) is 10.6 Å². The normalized spacial score (nSPS) is 14.4. The van der Waals surface area contributed by atoms with E-state index in [1.807, 2.05) is 13.8 Å². The molecule has 0 radical (unpaired) electrons. The Labute approximate surface area is 118 Å². The van der Waals surface area contributed by atoms with Gasteiger partial charge in [-0.2, -0.15) is 0 Å². The molecule has 1 heterocycles. The minimum atomic E-state index is -0.234. The highest BCUT2D eigenvalue weighted by molar-refractivity contribution is 5.94. The first kappa shape index (κ1) is 14.6. The van der Waals surface area contributed by atoms with Crippen LogP contribution in [0.2, 0.25) is 0 Å². The van der Waals surface area contributed by atoms with E-state index in [4.69, 9.17) is 4.52 Å². The van der Waals surface area contributed by atoms with E-state index in [-0.39, 0.29) is 24.4 Å². The van der Waals surface area contributed by atoms with Gasteiger partial charge in [-0.1, -0.05) is 19.0 Å². The Balaban J connectivity index is 1.90. The Bertz CT molecular complexity index is 492. The summed E-state index contributed by atoms with van der Waals surface area (Å²) in [4.78, 5) is 25.8. The predicted molar refractivity (Wildman–Crippen MR) is 74.1 cm³/mol. The highest BCUT2D eigenvalue weighted by atomic mass is 16.5. The lowest BCUT2D eigenvalue weighted by Gasteiger charge is -2.22. The number of carbonyl (C=O) groups is 2. The predicted octanol–water partition coefficient (Wildman–Crippen LogP) is 1.96. The Morgan fingerprint density at radius 3 is 2.70 bits per heavy atom. The Morgan fingerprint density at radius 1 is 1.50 bits per heavy atom. The Kier molecular flexibility index (Phi) is 4.42. The Hall–Kier alpha value is -1.85. The highest BCUT2D eigenvalue weighted by Crippen LogP contribution is 2.27. The molecule has 2 rings (SSSR count). The molecule has 0 bridgehead atoms. The fourth-order valence-corrected chi connectivity index (χ4v) is 2.04. The van der Waals surface area contributed by atoms with Crippen molar-refractivity contribution in [3.8, 4) is 0 Å². The van der Waals surface area contributed by atoms with E-state index in [9.17, 15) is 9.59 Å². The van der Waals surface area contributed by atoms with Gasteiger partial charge in [0.2, 0.25) is 11.8 Å². The number of aromatic nitrogens is 1. The second kappa shape index (κ2) is 6.07. The molecule has 6 heteroatoms. The van der Waals surface area contributed by atoms with Crippen LogP contribution in [0.1, 0.15) is 38.9 Å². The van der Waals surface area contributed by atoms with E-state index in [1.165, 1.54) is 0 Å². The van der Waals surface area contributed by atoms with Gasteiger partial charge in [0.15, 0.2) is 5.82 Å². The molecule has 0 saturated heterocycles. The van der Waals surface area contributed by atoms with E-state index in [0.29, 0.717) is 23.9 Å². The van der Waals surface area contributed by atoms with Gasteiger partial charge in [0.1, 0.15) is 12.3 Å². The lowest BCUT2D eigenvalue weighted by Crippen LogP contribution is -2.40. The van der Waals surface area contributed by atoms with Gasteiger partial charge in [0.25, 0.3) is 0 Å². The van der Waals surface area contributed by atoms with Crippen LogP contribution < -0.4 is 5.32 Å². The maximum Gasteiger partial charge on any atom is 0.245 e. The summed E-state index contributed by atoms with van der Waals surface area (Å²) in [5.41, 5.74) is 0. The second-order valence-corrected chi connectivity index (χ2v) is 5.72. The van der Waals surface area contributed by atoms with Crippen molar-refractivity contribution >= 4 is 17.6 Å². The van der Waals surface area contributed by atoms with Crippen molar-refractivity contribution in [3.63, 3.8) is 0 Å². The monoisotopic (exact) mass is 279 g/mol. The molecule has 1 aliphatic carbocycles. The molecule has 1 N–H and O–H groups in total. The molecule has 2 amide bonds. The maximum atomic E-state index is 12.1. The SMILES string of the molecule is Cc1cc(NC(=O)CN(C(=O)CC(C)C)C2CC2)no1. The molecular weight excluding hydrogens is 258 g/mol. The summed E-state index contributed by atoms with van der Waals surface area (Å²) >= 11 is 0. The van der Waals surface area contributed by atoms with Crippen molar-refractivity contribution in [3.05, 3.63) is 11.8 Å². The van der Waals surface area contributed by atoms with Crippen molar-refractivity contribution in [1.82, 2.24) is 10.1 Å². The summed E-state index contributed by atoms with van der Waals surface area (Å²) < 4.78 is 4.88. The van der Waals surface area contributed by atoms with Crippen molar-refractivity contribution in [1.29, 1.82) is 0 Å². The summed E-state index contributed by atoms with van der Waals surface area (Å²) in [5.74, 6) is 1.14. The molecule has 0 atom stereocenters. The fourth-order valence-electron chi connectivity index (χ4n) is 2.04. The number of rotatable bonds is 6. The first-order chi connectivity index (χ1) is 9.45. The molecule has 20 heavy (non-hydrogen) atoms. The van der Waals surface area contributed by atoms with Gasteiger partial charge in [0.05, 0.1) is 0 Å². The molecule has 1 saturated carbocycles.